The number of hydrogen-bond acceptors (Lipinski definition) is 1. The van der Waals surface area contributed by atoms with Gasteiger partial charge in [-0.15, -0.1) is 0 Å². The van der Waals surface area contributed by atoms with Gasteiger partial charge in [-0.3, -0.25) is 4.79 Å². The van der Waals surface area contributed by atoms with E-state index in [-0.39, 0.29) is 0 Å². The Morgan fingerprint density at radius 2 is 1.86 bits per heavy atom. The van der Waals surface area contributed by atoms with E-state index in [1.165, 1.54) is 25.7 Å². The standard InChI is InChI=1S/C11H20INO/c12-8-5-9-13-11(14)10-6-3-1-2-4-7-10/h10H,1-9H2,(H,13,14). The monoisotopic (exact) mass is 309 g/mol. The molecule has 0 heterocycles. The van der Waals surface area contributed by atoms with Gasteiger partial charge >= 0.3 is 0 Å². The number of alkyl halides is 1. The molecule has 0 aromatic rings. The Morgan fingerprint density at radius 1 is 1.21 bits per heavy atom. The van der Waals surface area contributed by atoms with Crippen LogP contribution in [-0.2, 0) is 4.79 Å². The minimum absolute atomic E-state index is 0.303. The zero-order chi connectivity index (χ0) is 10.2. The summed E-state index contributed by atoms with van der Waals surface area (Å²) in [6.45, 7) is 0.859. The lowest BCUT2D eigenvalue weighted by molar-refractivity contribution is -0.125. The van der Waals surface area contributed by atoms with Gasteiger partial charge in [0.1, 0.15) is 0 Å². The molecule has 0 atom stereocenters. The van der Waals surface area contributed by atoms with Gasteiger partial charge in [-0.1, -0.05) is 48.3 Å². The topological polar surface area (TPSA) is 29.1 Å². The lowest BCUT2D eigenvalue weighted by Crippen LogP contribution is -2.31. The molecule has 1 saturated carbocycles. The van der Waals surface area contributed by atoms with Crippen LogP contribution in [0.15, 0.2) is 0 Å². The van der Waals surface area contributed by atoms with E-state index in [0.29, 0.717) is 11.8 Å². The highest BCUT2D eigenvalue weighted by molar-refractivity contribution is 14.1. The zero-order valence-electron chi connectivity index (χ0n) is 8.73. The van der Waals surface area contributed by atoms with Crippen LogP contribution >= 0.6 is 22.6 Å². The van der Waals surface area contributed by atoms with Crippen LogP contribution in [0.3, 0.4) is 0 Å². The van der Waals surface area contributed by atoms with Gasteiger partial charge in [0, 0.05) is 16.9 Å². The van der Waals surface area contributed by atoms with Crippen LogP contribution in [0.1, 0.15) is 44.9 Å². The van der Waals surface area contributed by atoms with Gasteiger partial charge in [-0.25, -0.2) is 0 Å². The SMILES string of the molecule is O=C(NCCCI)C1CCCCCC1. The van der Waals surface area contributed by atoms with E-state index in [4.69, 9.17) is 0 Å². The molecule has 0 aromatic heterocycles. The molecular formula is C11H20INO. The second-order valence-electron chi connectivity index (χ2n) is 4.02. The van der Waals surface area contributed by atoms with Gasteiger partial charge in [0.05, 0.1) is 0 Å². The van der Waals surface area contributed by atoms with Gasteiger partial charge < -0.3 is 5.32 Å². The number of carbonyl (C=O) groups is 1. The van der Waals surface area contributed by atoms with E-state index in [1.54, 1.807) is 0 Å². The minimum atomic E-state index is 0.303. The fraction of sp³-hybridized carbons (Fsp3) is 0.909. The molecule has 1 aliphatic carbocycles. The molecule has 0 aliphatic heterocycles. The molecular weight excluding hydrogens is 289 g/mol. The molecule has 1 aliphatic rings. The van der Waals surface area contributed by atoms with Crippen molar-refractivity contribution in [3.63, 3.8) is 0 Å². The van der Waals surface area contributed by atoms with E-state index in [9.17, 15) is 4.79 Å². The number of hydrogen-bond donors (Lipinski definition) is 1. The molecule has 1 fully saturated rings. The van der Waals surface area contributed by atoms with E-state index in [0.717, 1.165) is 30.2 Å². The number of carbonyl (C=O) groups excluding carboxylic acids is 1. The first-order valence-electron chi connectivity index (χ1n) is 5.68. The van der Waals surface area contributed by atoms with Gasteiger partial charge in [0.2, 0.25) is 5.91 Å². The van der Waals surface area contributed by atoms with Crippen molar-refractivity contribution in [3.05, 3.63) is 0 Å². The molecule has 0 bridgehead atoms. The summed E-state index contributed by atoms with van der Waals surface area (Å²) in [5.74, 6) is 0.614. The van der Waals surface area contributed by atoms with Crippen molar-refractivity contribution in [3.8, 4) is 0 Å². The average Bonchev–Trinajstić information content (AvgIpc) is 2.46. The first-order chi connectivity index (χ1) is 6.84. The van der Waals surface area contributed by atoms with Gasteiger partial charge in [0.15, 0.2) is 0 Å². The van der Waals surface area contributed by atoms with Crippen molar-refractivity contribution in [1.29, 1.82) is 0 Å². The zero-order valence-corrected chi connectivity index (χ0v) is 10.9. The van der Waals surface area contributed by atoms with Crippen molar-refractivity contribution < 1.29 is 4.79 Å². The van der Waals surface area contributed by atoms with Crippen LogP contribution in [-0.4, -0.2) is 16.9 Å². The second-order valence-corrected chi connectivity index (χ2v) is 5.10. The molecule has 0 saturated heterocycles. The summed E-state index contributed by atoms with van der Waals surface area (Å²) in [7, 11) is 0. The first kappa shape index (κ1) is 12.3. The first-order valence-corrected chi connectivity index (χ1v) is 7.21. The highest BCUT2D eigenvalue weighted by Gasteiger charge is 2.18. The fourth-order valence-corrected chi connectivity index (χ4v) is 2.35. The quantitative estimate of drug-likeness (QED) is 0.368. The molecule has 0 aromatic carbocycles. The molecule has 14 heavy (non-hydrogen) atoms. The number of nitrogens with one attached hydrogen (secondary N) is 1. The summed E-state index contributed by atoms with van der Waals surface area (Å²) in [5.41, 5.74) is 0. The Bertz CT molecular complexity index is 165. The predicted molar refractivity (Wildman–Crippen MR) is 67.7 cm³/mol. The second kappa shape index (κ2) is 7.49. The third kappa shape index (κ3) is 4.62. The molecule has 3 heteroatoms. The number of halogens is 1. The third-order valence-corrected chi connectivity index (χ3v) is 3.60. The lowest BCUT2D eigenvalue weighted by atomic mass is 9.99. The smallest absolute Gasteiger partial charge is 0.223 e. The Hall–Kier alpha value is 0.200. The molecule has 0 spiro atoms. The molecule has 2 nitrogen and oxygen atoms in total. The van der Waals surface area contributed by atoms with Crippen LogP contribution in [0.2, 0.25) is 0 Å². The van der Waals surface area contributed by atoms with E-state index in [1.807, 2.05) is 0 Å². The van der Waals surface area contributed by atoms with E-state index in [2.05, 4.69) is 27.9 Å². The summed E-state index contributed by atoms with van der Waals surface area (Å²) in [4.78, 5) is 11.7. The van der Waals surface area contributed by atoms with Crippen molar-refractivity contribution in [2.45, 2.75) is 44.9 Å². The highest BCUT2D eigenvalue weighted by atomic mass is 127. The van der Waals surface area contributed by atoms with Crippen LogP contribution in [0.25, 0.3) is 0 Å². The summed E-state index contributed by atoms with van der Waals surface area (Å²) in [6.07, 6.45) is 8.43. The van der Waals surface area contributed by atoms with Crippen molar-refractivity contribution in [2.75, 3.05) is 11.0 Å². The van der Waals surface area contributed by atoms with Gasteiger partial charge in [0.25, 0.3) is 0 Å². The fourth-order valence-electron chi connectivity index (χ4n) is 1.96. The Kier molecular flexibility index (Phi) is 6.56. The molecule has 1 rings (SSSR count). The molecule has 82 valence electrons. The maximum absolute atomic E-state index is 11.7. The van der Waals surface area contributed by atoms with Crippen LogP contribution < -0.4 is 5.32 Å². The van der Waals surface area contributed by atoms with Gasteiger partial charge in [-0.2, -0.15) is 0 Å². The lowest BCUT2D eigenvalue weighted by Gasteiger charge is -2.13. The normalized spacial score (nSPS) is 18.9. The Morgan fingerprint density at radius 3 is 2.43 bits per heavy atom. The third-order valence-electron chi connectivity index (χ3n) is 2.84. The van der Waals surface area contributed by atoms with Crippen molar-refractivity contribution in [1.82, 2.24) is 5.32 Å². The predicted octanol–water partition coefficient (Wildman–Crippen LogP) is 2.90. The molecule has 0 unspecified atom stereocenters. The maximum atomic E-state index is 11.7. The highest BCUT2D eigenvalue weighted by Crippen LogP contribution is 2.22. The van der Waals surface area contributed by atoms with Crippen molar-refractivity contribution in [2.24, 2.45) is 5.92 Å². The Labute approximate surface area is 100 Å². The largest absolute Gasteiger partial charge is 0.356 e. The summed E-state index contributed by atoms with van der Waals surface area (Å²) in [5, 5.41) is 3.04. The van der Waals surface area contributed by atoms with Crippen molar-refractivity contribution >= 4 is 28.5 Å². The molecule has 0 radical (unpaired) electrons. The van der Waals surface area contributed by atoms with E-state index >= 15 is 0 Å². The minimum Gasteiger partial charge on any atom is -0.356 e. The van der Waals surface area contributed by atoms with Crippen LogP contribution in [0.4, 0.5) is 0 Å². The van der Waals surface area contributed by atoms with Crippen LogP contribution in [0, 0.1) is 5.92 Å². The Balaban J connectivity index is 2.20. The number of rotatable bonds is 4. The molecule has 1 N–H and O–H groups in total. The van der Waals surface area contributed by atoms with E-state index < -0.39 is 0 Å². The summed E-state index contributed by atoms with van der Waals surface area (Å²) in [6, 6.07) is 0. The summed E-state index contributed by atoms with van der Waals surface area (Å²) < 4.78 is 1.13. The summed E-state index contributed by atoms with van der Waals surface area (Å²) >= 11 is 2.34. The molecule has 1 amide bonds. The van der Waals surface area contributed by atoms with Gasteiger partial charge in [-0.05, 0) is 19.3 Å². The number of amides is 1. The average molecular weight is 309 g/mol. The maximum Gasteiger partial charge on any atom is 0.223 e. The van der Waals surface area contributed by atoms with Crippen LogP contribution in [0.5, 0.6) is 0 Å².